The minimum atomic E-state index is -1.23. The molecule has 11 nitrogen and oxygen atoms in total. The van der Waals surface area contributed by atoms with Crippen molar-refractivity contribution < 1.29 is 43.6 Å². The van der Waals surface area contributed by atoms with E-state index in [2.05, 4.69) is 5.32 Å². The topological polar surface area (TPSA) is 152 Å². The highest BCUT2D eigenvalue weighted by Crippen LogP contribution is 2.28. The number of benzene rings is 2. The third-order valence-electron chi connectivity index (χ3n) is 9.42. The summed E-state index contributed by atoms with van der Waals surface area (Å²) in [6.07, 6.45) is 6.30. The molecule has 0 bridgehead atoms. The quantitative estimate of drug-likeness (QED) is 0.263. The monoisotopic (exact) mass is 718 g/mol. The van der Waals surface area contributed by atoms with E-state index in [-0.39, 0.29) is 29.8 Å². The fourth-order valence-electron chi connectivity index (χ4n) is 6.10. The number of ketones is 1. The number of amides is 2. The summed E-state index contributed by atoms with van der Waals surface area (Å²) in [6.45, 7) is 8.60. The zero-order valence-electron chi connectivity index (χ0n) is 31.5. The average Bonchev–Trinajstić information content (AvgIpc) is 3.13. The number of Topliss-reactive ketones (excluding diaryl/α,β-unsaturated/α-hetero) is 1. The van der Waals surface area contributed by atoms with Crippen LogP contribution in [0.4, 0.5) is 0 Å². The molecule has 0 saturated carbocycles. The molecule has 0 aromatic heterocycles. The van der Waals surface area contributed by atoms with E-state index >= 15 is 0 Å². The molecule has 1 aliphatic heterocycles. The number of allylic oxidation sites excluding steroid dienone is 4. The number of cyclic esters (lactones) is 1. The Labute approximate surface area is 307 Å². The summed E-state index contributed by atoms with van der Waals surface area (Å²) >= 11 is 0. The SMILES string of the molecule is COc1cc(C[C@@H]2C(=O)N[C@@H](C(C)C)C(=O)OC(c3ccccc3)[C@H](O)/C=C/C=C(\C)[C@@H](OC)CCC/C=C(\C)C(=O)[C@@H](C)C(=O)N2C)ccc1O. The molecule has 3 rings (SSSR count). The van der Waals surface area contributed by atoms with Crippen molar-refractivity contribution in [3.05, 3.63) is 95.1 Å². The molecule has 2 aromatic carbocycles. The molecular formula is C41H54N2O9. The first-order valence-corrected chi connectivity index (χ1v) is 17.6. The van der Waals surface area contributed by atoms with E-state index in [0.717, 1.165) is 5.57 Å². The molecule has 3 N–H and O–H groups in total. The van der Waals surface area contributed by atoms with Gasteiger partial charge in [-0.1, -0.05) is 74.5 Å². The largest absolute Gasteiger partial charge is 0.504 e. The summed E-state index contributed by atoms with van der Waals surface area (Å²) < 4.78 is 16.9. The van der Waals surface area contributed by atoms with Gasteiger partial charge in [0.15, 0.2) is 23.4 Å². The summed E-state index contributed by atoms with van der Waals surface area (Å²) in [7, 11) is 4.47. The number of esters is 1. The van der Waals surface area contributed by atoms with Crippen LogP contribution < -0.4 is 10.1 Å². The highest BCUT2D eigenvalue weighted by molar-refractivity contribution is 6.09. The van der Waals surface area contributed by atoms with Crippen LogP contribution >= 0.6 is 0 Å². The lowest BCUT2D eigenvalue weighted by atomic mass is 9.95. The Bertz CT molecular complexity index is 1630. The molecule has 282 valence electrons. The van der Waals surface area contributed by atoms with Crippen molar-refractivity contribution in [3.63, 3.8) is 0 Å². The Hall–Kier alpha value is -4.74. The van der Waals surface area contributed by atoms with E-state index in [4.69, 9.17) is 14.2 Å². The van der Waals surface area contributed by atoms with E-state index in [9.17, 15) is 29.4 Å². The number of nitrogens with one attached hydrogen (secondary N) is 1. The van der Waals surface area contributed by atoms with Gasteiger partial charge in [-0.15, -0.1) is 0 Å². The number of ether oxygens (including phenoxy) is 3. The maximum Gasteiger partial charge on any atom is 0.329 e. The minimum absolute atomic E-state index is 0.0238. The number of carbonyl (C=O) groups excluding carboxylic acids is 4. The first-order chi connectivity index (χ1) is 24.7. The van der Waals surface area contributed by atoms with E-state index in [1.54, 1.807) is 70.4 Å². The number of phenolic OH excluding ortho intramolecular Hbond substituents is 1. The van der Waals surface area contributed by atoms with Crippen LogP contribution in [-0.4, -0.2) is 84.2 Å². The number of carbonyl (C=O) groups is 4. The van der Waals surface area contributed by atoms with Gasteiger partial charge in [0.1, 0.15) is 18.2 Å². The summed E-state index contributed by atoms with van der Waals surface area (Å²) in [5, 5.41) is 24.3. The van der Waals surface area contributed by atoms with Gasteiger partial charge in [0.2, 0.25) is 11.8 Å². The number of likely N-dealkylation sites (N-methyl/N-ethyl adjacent to an activating group) is 1. The molecule has 11 heteroatoms. The summed E-state index contributed by atoms with van der Waals surface area (Å²) in [4.78, 5) is 56.7. The first-order valence-electron chi connectivity index (χ1n) is 17.6. The number of hydrogen-bond acceptors (Lipinski definition) is 9. The Morgan fingerprint density at radius 2 is 1.73 bits per heavy atom. The van der Waals surface area contributed by atoms with Crippen molar-refractivity contribution in [2.45, 2.75) is 90.7 Å². The molecular weight excluding hydrogens is 664 g/mol. The van der Waals surface area contributed by atoms with Crippen LogP contribution in [0.15, 0.2) is 84.0 Å². The molecule has 2 amide bonds. The predicted molar refractivity (Wildman–Crippen MR) is 198 cm³/mol. The van der Waals surface area contributed by atoms with E-state index < -0.39 is 53.9 Å². The summed E-state index contributed by atoms with van der Waals surface area (Å²) in [5.74, 6) is -3.82. The van der Waals surface area contributed by atoms with Gasteiger partial charge in [0.05, 0.1) is 19.1 Å². The zero-order chi connectivity index (χ0) is 38.5. The van der Waals surface area contributed by atoms with Gasteiger partial charge in [0, 0.05) is 20.6 Å². The highest BCUT2D eigenvalue weighted by atomic mass is 16.6. The molecule has 0 radical (unpaired) electrons. The number of rotatable bonds is 6. The second kappa shape index (κ2) is 19.8. The van der Waals surface area contributed by atoms with Crippen molar-refractivity contribution in [2.24, 2.45) is 11.8 Å². The first kappa shape index (κ1) is 41.7. The van der Waals surface area contributed by atoms with Gasteiger partial charge < -0.3 is 34.6 Å². The number of methoxy groups -OCH3 is 2. The lowest BCUT2D eigenvalue weighted by Crippen LogP contribution is -2.55. The van der Waals surface area contributed by atoms with E-state index in [0.29, 0.717) is 36.0 Å². The number of aliphatic hydroxyl groups is 1. The maximum absolute atomic E-state index is 14.2. The molecule has 0 spiro atoms. The number of aliphatic hydroxyl groups excluding tert-OH is 1. The zero-order valence-corrected chi connectivity index (χ0v) is 31.5. The highest BCUT2D eigenvalue weighted by Gasteiger charge is 2.37. The third kappa shape index (κ3) is 11.1. The van der Waals surface area contributed by atoms with E-state index in [1.165, 1.54) is 38.1 Å². The van der Waals surface area contributed by atoms with Crippen LogP contribution in [0.1, 0.15) is 71.1 Å². The molecule has 1 aliphatic rings. The standard InChI is InChI=1S/C41H54N2O9/c1-25(2)36-41(49)52-38(30-17-10-9-11-18-30)33(45)19-14-16-26(3)34(50-7)20-13-12-15-27(4)37(46)28(5)40(48)43(6)31(39(47)42-36)23-29-21-22-32(44)35(24-29)51-8/h9-11,14-19,21-22,24-25,28,31,33-34,36,38,44-45H,12-13,20,23H2,1-8H3,(H,42,47)/b19-14+,26-16+,27-15+/t28-,31-,33-,34+,36+,38?/m1/s1. The molecule has 1 heterocycles. The Kier molecular flexibility index (Phi) is 15.8. The normalized spacial score (nSPS) is 27.6. The molecule has 2 aromatic rings. The Morgan fingerprint density at radius 3 is 2.37 bits per heavy atom. The van der Waals surface area contributed by atoms with Crippen LogP contribution in [0.5, 0.6) is 11.5 Å². The predicted octanol–water partition coefficient (Wildman–Crippen LogP) is 5.41. The van der Waals surface area contributed by atoms with Gasteiger partial charge in [-0.05, 0) is 80.4 Å². The van der Waals surface area contributed by atoms with Gasteiger partial charge in [-0.3, -0.25) is 14.4 Å². The maximum atomic E-state index is 14.2. The molecule has 1 unspecified atom stereocenters. The minimum Gasteiger partial charge on any atom is -0.504 e. The van der Waals surface area contributed by atoms with Gasteiger partial charge >= 0.3 is 5.97 Å². The average molecular weight is 719 g/mol. The number of hydrogen-bond donors (Lipinski definition) is 3. The van der Waals surface area contributed by atoms with E-state index in [1.807, 2.05) is 25.1 Å². The Morgan fingerprint density at radius 1 is 1.04 bits per heavy atom. The van der Waals surface area contributed by atoms with Crippen molar-refractivity contribution in [3.8, 4) is 11.5 Å². The van der Waals surface area contributed by atoms with Crippen LogP contribution in [0.25, 0.3) is 0 Å². The van der Waals surface area contributed by atoms with Crippen LogP contribution in [0.2, 0.25) is 0 Å². The second-order valence-electron chi connectivity index (χ2n) is 13.6. The lowest BCUT2D eigenvalue weighted by Gasteiger charge is -2.32. The van der Waals surface area contributed by atoms with Crippen LogP contribution in [0, 0.1) is 11.8 Å². The Balaban J connectivity index is 2.10. The molecule has 0 aliphatic carbocycles. The van der Waals surface area contributed by atoms with Crippen LogP contribution in [-0.2, 0) is 35.1 Å². The van der Waals surface area contributed by atoms with Gasteiger partial charge in [-0.25, -0.2) is 4.79 Å². The molecule has 6 atom stereocenters. The number of phenols is 1. The molecule has 52 heavy (non-hydrogen) atoms. The van der Waals surface area contributed by atoms with Crippen molar-refractivity contribution in [2.75, 3.05) is 21.3 Å². The van der Waals surface area contributed by atoms with Gasteiger partial charge in [0.25, 0.3) is 0 Å². The van der Waals surface area contributed by atoms with Crippen LogP contribution in [0.3, 0.4) is 0 Å². The fraction of sp³-hybridized carbons (Fsp3) is 0.463. The molecule has 0 saturated heterocycles. The van der Waals surface area contributed by atoms with Crippen molar-refractivity contribution >= 4 is 23.6 Å². The van der Waals surface area contributed by atoms with Crippen molar-refractivity contribution in [1.82, 2.24) is 10.2 Å². The lowest BCUT2D eigenvalue weighted by molar-refractivity contribution is -0.159. The summed E-state index contributed by atoms with van der Waals surface area (Å²) in [6, 6.07) is 11.1. The smallest absolute Gasteiger partial charge is 0.329 e. The van der Waals surface area contributed by atoms with Gasteiger partial charge in [-0.2, -0.15) is 0 Å². The molecule has 0 fully saturated rings. The summed E-state index contributed by atoms with van der Waals surface area (Å²) in [5.41, 5.74) is 2.48. The number of nitrogens with zero attached hydrogens (tertiary/aromatic N) is 1. The van der Waals surface area contributed by atoms with Crippen molar-refractivity contribution in [1.29, 1.82) is 0 Å². The third-order valence-corrected chi connectivity index (χ3v) is 9.42. The number of aromatic hydroxyl groups is 1. The fourth-order valence-corrected chi connectivity index (χ4v) is 6.10. The second-order valence-corrected chi connectivity index (χ2v) is 13.6.